The number of para-hydroxylation sites is 1. The van der Waals surface area contributed by atoms with Gasteiger partial charge in [-0.2, -0.15) is 0 Å². The van der Waals surface area contributed by atoms with E-state index in [1.165, 1.54) is 12.8 Å². The summed E-state index contributed by atoms with van der Waals surface area (Å²) in [6.07, 6.45) is 3.46. The summed E-state index contributed by atoms with van der Waals surface area (Å²) in [7, 11) is 0. The third kappa shape index (κ3) is 8.62. The van der Waals surface area contributed by atoms with Crippen molar-refractivity contribution in [2.75, 3.05) is 26.4 Å². The van der Waals surface area contributed by atoms with Crippen LogP contribution in [0.25, 0.3) is 0 Å². The predicted octanol–water partition coefficient (Wildman–Crippen LogP) is 3.25. The Bertz CT molecular complexity index is 303. The summed E-state index contributed by atoms with van der Waals surface area (Å²) in [5.74, 6) is 0.906. The van der Waals surface area contributed by atoms with Gasteiger partial charge >= 0.3 is 0 Å². The lowest BCUT2D eigenvalue weighted by molar-refractivity contribution is 0.0962. The normalized spacial score (nSPS) is 12.3. The molecule has 0 heterocycles. The van der Waals surface area contributed by atoms with E-state index in [1.807, 2.05) is 30.3 Å². The molecule has 1 rings (SSSR count). The Morgan fingerprint density at radius 3 is 2.63 bits per heavy atom. The summed E-state index contributed by atoms with van der Waals surface area (Å²) in [6, 6.07) is 10.4. The zero-order valence-electron chi connectivity index (χ0n) is 12.2. The van der Waals surface area contributed by atoms with Gasteiger partial charge in [0.2, 0.25) is 0 Å². The molecule has 0 bridgehead atoms. The molecule has 0 aromatic heterocycles. The van der Waals surface area contributed by atoms with Gasteiger partial charge in [-0.1, -0.05) is 25.1 Å². The van der Waals surface area contributed by atoms with E-state index in [2.05, 4.69) is 19.2 Å². The Kier molecular flexibility index (Phi) is 9.11. The lowest BCUT2D eigenvalue weighted by Crippen LogP contribution is -2.26. The van der Waals surface area contributed by atoms with Crippen molar-refractivity contribution in [1.82, 2.24) is 5.32 Å². The number of benzene rings is 1. The van der Waals surface area contributed by atoms with E-state index < -0.39 is 0 Å². The van der Waals surface area contributed by atoms with Crippen LogP contribution in [0.3, 0.4) is 0 Å². The first kappa shape index (κ1) is 16.0. The first-order valence-electron chi connectivity index (χ1n) is 7.32. The van der Waals surface area contributed by atoms with Gasteiger partial charge in [0.1, 0.15) is 12.4 Å². The van der Waals surface area contributed by atoms with Crippen molar-refractivity contribution in [3.63, 3.8) is 0 Å². The first-order valence-corrected chi connectivity index (χ1v) is 7.32. The maximum absolute atomic E-state index is 5.56. The van der Waals surface area contributed by atoms with Crippen molar-refractivity contribution < 1.29 is 9.47 Å². The lowest BCUT2D eigenvalue weighted by atomic mass is 10.2. The van der Waals surface area contributed by atoms with Crippen LogP contribution in [0.15, 0.2) is 30.3 Å². The van der Waals surface area contributed by atoms with Crippen LogP contribution in [0.1, 0.15) is 33.1 Å². The van der Waals surface area contributed by atoms with Crippen molar-refractivity contribution in [3.05, 3.63) is 30.3 Å². The lowest BCUT2D eigenvalue weighted by Gasteiger charge is -2.13. The molecule has 1 aromatic rings. The van der Waals surface area contributed by atoms with Gasteiger partial charge in [-0.05, 0) is 44.9 Å². The second kappa shape index (κ2) is 10.8. The van der Waals surface area contributed by atoms with Crippen LogP contribution in [0.2, 0.25) is 0 Å². The summed E-state index contributed by atoms with van der Waals surface area (Å²) < 4.78 is 11.1. The topological polar surface area (TPSA) is 30.5 Å². The van der Waals surface area contributed by atoms with Gasteiger partial charge in [0.15, 0.2) is 0 Å². The first-order chi connectivity index (χ1) is 9.33. The van der Waals surface area contributed by atoms with E-state index in [0.29, 0.717) is 19.3 Å². The highest BCUT2D eigenvalue weighted by Gasteiger charge is 1.99. The molecule has 1 aromatic carbocycles. The fourth-order valence-electron chi connectivity index (χ4n) is 1.82. The fourth-order valence-corrected chi connectivity index (χ4v) is 1.82. The van der Waals surface area contributed by atoms with Crippen molar-refractivity contribution in [1.29, 1.82) is 0 Å². The molecule has 1 unspecified atom stereocenters. The number of hydrogen-bond donors (Lipinski definition) is 1. The third-order valence-electron chi connectivity index (χ3n) is 2.91. The second-order valence-corrected chi connectivity index (χ2v) is 4.77. The van der Waals surface area contributed by atoms with Gasteiger partial charge in [0.05, 0.1) is 6.61 Å². The molecule has 0 amide bonds. The third-order valence-corrected chi connectivity index (χ3v) is 2.91. The number of ether oxygens (including phenoxy) is 2. The van der Waals surface area contributed by atoms with Crippen molar-refractivity contribution >= 4 is 0 Å². The Hall–Kier alpha value is -1.06. The monoisotopic (exact) mass is 265 g/mol. The van der Waals surface area contributed by atoms with Gasteiger partial charge in [0.25, 0.3) is 0 Å². The van der Waals surface area contributed by atoms with E-state index in [9.17, 15) is 0 Å². The average Bonchev–Trinajstić information content (AvgIpc) is 2.45. The van der Waals surface area contributed by atoms with Crippen LogP contribution >= 0.6 is 0 Å². The number of rotatable bonds is 11. The number of nitrogens with one attached hydrogen (secondary N) is 1. The van der Waals surface area contributed by atoms with Gasteiger partial charge in [-0.25, -0.2) is 0 Å². The highest BCUT2D eigenvalue weighted by Crippen LogP contribution is 2.07. The standard InChI is InChI=1S/C16H27NO2/c1-3-11-17-15(2)8-7-12-18-13-14-19-16-9-5-4-6-10-16/h4-6,9-10,15,17H,3,7-8,11-14H2,1-2H3. The molecule has 3 heteroatoms. The Balaban J connectivity index is 1.89. The van der Waals surface area contributed by atoms with Crippen molar-refractivity contribution in [3.8, 4) is 5.75 Å². The molecule has 108 valence electrons. The number of hydrogen-bond acceptors (Lipinski definition) is 3. The summed E-state index contributed by atoms with van der Waals surface area (Å²) in [4.78, 5) is 0. The quantitative estimate of drug-likeness (QED) is 0.623. The minimum Gasteiger partial charge on any atom is -0.491 e. The zero-order valence-corrected chi connectivity index (χ0v) is 12.2. The molecule has 1 atom stereocenters. The maximum Gasteiger partial charge on any atom is 0.119 e. The Morgan fingerprint density at radius 1 is 1.11 bits per heavy atom. The molecule has 0 aliphatic heterocycles. The van der Waals surface area contributed by atoms with E-state index in [-0.39, 0.29) is 0 Å². The Labute approximate surface area is 117 Å². The Morgan fingerprint density at radius 2 is 1.89 bits per heavy atom. The summed E-state index contributed by atoms with van der Waals surface area (Å²) >= 11 is 0. The molecular weight excluding hydrogens is 238 g/mol. The summed E-state index contributed by atoms with van der Waals surface area (Å²) in [6.45, 7) is 7.62. The SMILES string of the molecule is CCCNC(C)CCCOCCOc1ccccc1. The largest absolute Gasteiger partial charge is 0.491 e. The van der Waals surface area contributed by atoms with Crippen LogP contribution in [0, 0.1) is 0 Å². The smallest absolute Gasteiger partial charge is 0.119 e. The summed E-state index contributed by atoms with van der Waals surface area (Å²) in [5.41, 5.74) is 0. The van der Waals surface area contributed by atoms with Crippen LogP contribution in [-0.2, 0) is 4.74 Å². The van der Waals surface area contributed by atoms with Gasteiger partial charge < -0.3 is 14.8 Å². The van der Waals surface area contributed by atoms with Crippen LogP contribution in [0.5, 0.6) is 5.75 Å². The van der Waals surface area contributed by atoms with E-state index in [4.69, 9.17) is 9.47 Å². The van der Waals surface area contributed by atoms with Gasteiger partial charge in [-0.15, -0.1) is 0 Å². The molecule has 0 fully saturated rings. The molecule has 0 saturated heterocycles. The van der Waals surface area contributed by atoms with Gasteiger partial charge in [0, 0.05) is 12.6 Å². The molecule has 19 heavy (non-hydrogen) atoms. The molecular formula is C16H27NO2. The molecule has 3 nitrogen and oxygen atoms in total. The van der Waals surface area contributed by atoms with E-state index in [0.717, 1.165) is 25.3 Å². The predicted molar refractivity (Wildman–Crippen MR) is 79.7 cm³/mol. The molecule has 1 N–H and O–H groups in total. The molecule has 0 aliphatic rings. The average molecular weight is 265 g/mol. The zero-order chi connectivity index (χ0) is 13.8. The minimum atomic E-state index is 0.587. The minimum absolute atomic E-state index is 0.587. The van der Waals surface area contributed by atoms with Crippen LogP contribution < -0.4 is 10.1 Å². The summed E-state index contributed by atoms with van der Waals surface area (Å²) in [5, 5.41) is 3.48. The molecule has 0 saturated carbocycles. The maximum atomic E-state index is 5.56. The molecule has 0 spiro atoms. The highest BCUT2D eigenvalue weighted by molar-refractivity contribution is 5.20. The van der Waals surface area contributed by atoms with E-state index in [1.54, 1.807) is 0 Å². The fraction of sp³-hybridized carbons (Fsp3) is 0.625. The highest BCUT2D eigenvalue weighted by atomic mass is 16.5. The molecule has 0 radical (unpaired) electrons. The van der Waals surface area contributed by atoms with Crippen LogP contribution in [-0.4, -0.2) is 32.4 Å². The second-order valence-electron chi connectivity index (χ2n) is 4.77. The van der Waals surface area contributed by atoms with E-state index >= 15 is 0 Å². The van der Waals surface area contributed by atoms with Crippen molar-refractivity contribution in [2.45, 2.75) is 39.2 Å². The van der Waals surface area contributed by atoms with Gasteiger partial charge in [-0.3, -0.25) is 0 Å². The molecule has 0 aliphatic carbocycles. The van der Waals surface area contributed by atoms with Crippen LogP contribution in [0.4, 0.5) is 0 Å². The van der Waals surface area contributed by atoms with Crippen molar-refractivity contribution in [2.24, 2.45) is 0 Å².